The zero-order valence-corrected chi connectivity index (χ0v) is 18.1. The molecule has 2 saturated heterocycles. The Hall–Kier alpha value is -2.44. The fraction of sp³-hybridized carbons (Fsp3) is 0.333. The average Bonchev–Trinajstić information content (AvgIpc) is 3.55. The van der Waals surface area contributed by atoms with Gasteiger partial charge in [0.05, 0.1) is 24.3 Å². The molecule has 2 fully saturated rings. The summed E-state index contributed by atoms with van der Waals surface area (Å²) in [5, 5.41) is 0. The molecule has 5 nitrogen and oxygen atoms in total. The average molecular weight is 464 g/mol. The predicted molar refractivity (Wildman–Crippen MR) is 117 cm³/mol. The molecule has 3 unspecified atom stereocenters. The lowest BCUT2D eigenvalue weighted by molar-refractivity contribution is -0.136. The Kier molecular flexibility index (Phi) is 4.15. The molecule has 3 atom stereocenters. The van der Waals surface area contributed by atoms with Gasteiger partial charge in [-0.15, -0.1) is 0 Å². The third-order valence-corrected chi connectivity index (χ3v) is 7.44. The Balaban J connectivity index is 1.42. The maximum Gasteiger partial charge on any atom is 0.223 e. The first-order chi connectivity index (χ1) is 14.7. The van der Waals surface area contributed by atoms with Crippen LogP contribution in [-0.2, 0) is 15.1 Å². The van der Waals surface area contributed by atoms with Gasteiger partial charge >= 0.3 is 0 Å². The summed E-state index contributed by atoms with van der Waals surface area (Å²) >= 11 is 3.56. The number of amides is 1. The molecule has 6 rings (SSSR count). The van der Waals surface area contributed by atoms with Crippen LogP contribution in [0.3, 0.4) is 0 Å². The number of benzene rings is 2. The van der Waals surface area contributed by atoms with E-state index in [4.69, 9.17) is 4.74 Å². The Morgan fingerprint density at radius 1 is 1.20 bits per heavy atom. The van der Waals surface area contributed by atoms with Crippen LogP contribution in [0.15, 0.2) is 65.4 Å². The highest BCUT2D eigenvalue weighted by atomic mass is 79.9. The highest BCUT2D eigenvalue weighted by Gasteiger charge is 2.46. The molecule has 4 heterocycles. The minimum absolute atomic E-state index is 0.229. The molecule has 3 aliphatic rings. The fourth-order valence-corrected chi connectivity index (χ4v) is 5.80. The van der Waals surface area contributed by atoms with Crippen molar-refractivity contribution in [3.8, 4) is 11.4 Å². The van der Waals surface area contributed by atoms with Crippen molar-refractivity contribution >= 4 is 21.8 Å². The lowest BCUT2D eigenvalue weighted by atomic mass is 9.79. The van der Waals surface area contributed by atoms with Gasteiger partial charge in [-0.25, -0.2) is 4.98 Å². The summed E-state index contributed by atoms with van der Waals surface area (Å²) in [6.07, 6.45) is 6.31. The molecule has 30 heavy (non-hydrogen) atoms. The summed E-state index contributed by atoms with van der Waals surface area (Å²) in [5.74, 6) is 1.20. The molecule has 6 heteroatoms. The number of aromatic nitrogens is 2. The van der Waals surface area contributed by atoms with Gasteiger partial charge in [0, 0.05) is 35.4 Å². The maximum atomic E-state index is 13.2. The summed E-state index contributed by atoms with van der Waals surface area (Å²) in [6, 6.07) is 17.2. The van der Waals surface area contributed by atoms with E-state index in [1.54, 1.807) is 0 Å². The SMILES string of the molecule is O=C(CCC1(c2ccc(Br)cc2)c2ccccc2-c2nccn21)N1CC2CC1CO2. The topological polar surface area (TPSA) is 47.4 Å². The van der Waals surface area contributed by atoms with Gasteiger partial charge in [-0.1, -0.05) is 52.3 Å². The Morgan fingerprint density at radius 2 is 2.03 bits per heavy atom. The number of likely N-dealkylation sites (tertiary alicyclic amines) is 1. The van der Waals surface area contributed by atoms with E-state index in [0.717, 1.165) is 28.8 Å². The van der Waals surface area contributed by atoms with Gasteiger partial charge in [0.2, 0.25) is 5.91 Å². The zero-order chi connectivity index (χ0) is 20.3. The van der Waals surface area contributed by atoms with Crippen molar-refractivity contribution in [3.63, 3.8) is 0 Å². The number of morpholine rings is 1. The Bertz CT molecular complexity index is 1130. The number of imidazole rings is 1. The fourth-order valence-electron chi connectivity index (χ4n) is 5.54. The monoisotopic (exact) mass is 463 g/mol. The second kappa shape index (κ2) is 6.79. The molecule has 0 saturated carbocycles. The van der Waals surface area contributed by atoms with Crippen molar-refractivity contribution in [1.82, 2.24) is 14.5 Å². The number of hydrogen-bond acceptors (Lipinski definition) is 3. The lowest BCUT2D eigenvalue weighted by Crippen LogP contribution is -2.42. The van der Waals surface area contributed by atoms with Crippen LogP contribution in [0.2, 0.25) is 0 Å². The number of nitrogens with zero attached hydrogens (tertiary/aromatic N) is 3. The normalized spacial score (nSPS) is 26.1. The molecule has 0 spiro atoms. The number of fused-ring (bicyclic) bond motifs is 5. The predicted octanol–water partition coefficient (Wildman–Crippen LogP) is 4.20. The van der Waals surface area contributed by atoms with Crippen LogP contribution in [0.5, 0.6) is 0 Å². The molecule has 3 aromatic rings. The highest BCUT2D eigenvalue weighted by molar-refractivity contribution is 9.10. The highest BCUT2D eigenvalue weighted by Crippen LogP contribution is 2.49. The van der Waals surface area contributed by atoms with Crippen LogP contribution in [-0.4, -0.2) is 45.7 Å². The van der Waals surface area contributed by atoms with Crippen molar-refractivity contribution in [3.05, 3.63) is 76.5 Å². The number of ether oxygens (including phenoxy) is 1. The number of hydrogen-bond donors (Lipinski definition) is 0. The number of carbonyl (C=O) groups is 1. The number of carbonyl (C=O) groups excluding carboxylic acids is 1. The second-order valence-electron chi connectivity index (χ2n) is 8.42. The molecular formula is C24H22BrN3O2. The minimum atomic E-state index is -0.436. The molecule has 1 amide bonds. The summed E-state index contributed by atoms with van der Waals surface area (Å²) in [7, 11) is 0. The molecule has 0 radical (unpaired) electrons. The molecule has 3 aliphatic heterocycles. The summed E-state index contributed by atoms with van der Waals surface area (Å²) in [5.41, 5.74) is 3.10. The molecule has 2 aromatic carbocycles. The van der Waals surface area contributed by atoms with Crippen LogP contribution in [0, 0.1) is 0 Å². The quantitative estimate of drug-likeness (QED) is 0.582. The van der Waals surface area contributed by atoms with Gasteiger partial charge in [-0.05, 0) is 36.1 Å². The zero-order valence-electron chi connectivity index (χ0n) is 16.5. The van der Waals surface area contributed by atoms with Gasteiger partial charge < -0.3 is 14.2 Å². The molecular weight excluding hydrogens is 442 g/mol. The molecule has 152 valence electrons. The summed E-state index contributed by atoms with van der Waals surface area (Å²) in [6.45, 7) is 1.42. The third-order valence-electron chi connectivity index (χ3n) is 6.91. The molecule has 0 aliphatic carbocycles. The van der Waals surface area contributed by atoms with Crippen LogP contribution >= 0.6 is 15.9 Å². The van der Waals surface area contributed by atoms with E-state index in [9.17, 15) is 4.79 Å². The first kappa shape index (κ1) is 18.3. The Labute approximate surface area is 183 Å². The van der Waals surface area contributed by atoms with Gasteiger partial charge in [-0.2, -0.15) is 0 Å². The van der Waals surface area contributed by atoms with Gasteiger partial charge in [0.15, 0.2) is 0 Å². The van der Waals surface area contributed by atoms with E-state index in [1.165, 1.54) is 11.1 Å². The van der Waals surface area contributed by atoms with Crippen molar-refractivity contribution in [1.29, 1.82) is 0 Å². The van der Waals surface area contributed by atoms with E-state index in [1.807, 2.05) is 17.3 Å². The first-order valence-electron chi connectivity index (χ1n) is 10.5. The molecule has 0 N–H and O–H groups in total. The van der Waals surface area contributed by atoms with Crippen molar-refractivity contribution < 1.29 is 9.53 Å². The summed E-state index contributed by atoms with van der Waals surface area (Å²) in [4.78, 5) is 19.9. The van der Waals surface area contributed by atoms with Crippen LogP contribution in [0.4, 0.5) is 0 Å². The van der Waals surface area contributed by atoms with E-state index in [-0.39, 0.29) is 18.1 Å². The van der Waals surface area contributed by atoms with E-state index >= 15 is 0 Å². The smallest absolute Gasteiger partial charge is 0.223 e. The van der Waals surface area contributed by atoms with Crippen molar-refractivity contribution in [2.75, 3.05) is 13.2 Å². The van der Waals surface area contributed by atoms with Crippen molar-refractivity contribution in [2.24, 2.45) is 0 Å². The standard InChI is InChI=1S/C24H22BrN3O2/c25-17-7-5-16(6-8-17)24(10-9-22(29)27-14-19-13-18(27)15-30-19)21-4-2-1-3-20(21)23-26-11-12-28(23)24/h1-8,11-12,18-19H,9-10,13-15H2. The van der Waals surface area contributed by atoms with E-state index in [2.05, 4.69) is 74.0 Å². The minimum Gasteiger partial charge on any atom is -0.374 e. The van der Waals surface area contributed by atoms with Crippen molar-refractivity contribution in [2.45, 2.75) is 36.9 Å². The largest absolute Gasteiger partial charge is 0.374 e. The van der Waals surface area contributed by atoms with Crippen LogP contribution in [0.25, 0.3) is 11.4 Å². The number of rotatable bonds is 4. The lowest BCUT2D eigenvalue weighted by Gasteiger charge is -2.35. The Morgan fingerprint density at radius 3 is 2.80 bits per heavy atom. The third kappa shape index (κ3) is 2.56. The van der Waals surface area contributed by atoms with Crippen LogP contribution in [0.1, 0.15) is 30.4 Å². The van der Waals surface area contributed by atoms with Gasteiger partial charge in [0.1, 0.15) is 5.82 Å². The van der Waals surface area contributed by atoms with E-state index in [0.29, 0.717) is 19.4 Å². The van der Waals surface area contributed by atoms with Gasteiger partial charge in [0.25, 0.3) is 0 Å². The summed E-state index contributed by atoms with van der Waals surface area (Å²) < 4.78 is 8.98. The molecule has 1 aromatic heterocycles. The number of halogens is 1. The first-order valence-corrected chi connectivity index (χ1v) is 11.3. The van der Waals surface area contributed by atoms with E-state index < -0.39 is 5.54 Å². The molecule has 2 bridgehead atoms. The van der Waals surface area contributed by atoms with Crippen LogP contribution < -0.4 is 0 Å². The second-order valence-corrected chi connectivity index (χ2v) is 9.34. The van der Waals surface area contributed by atoms with Gasteiger partial charge in [-0.3, -0.25) is 4.79 Å². The maximum absolute atomic E-state index is 13.2.